The summed E-state index contributed by atoms with van der Waals surface area (Å²) in [5.74, 6) is -0.844. The molecule has 0 aliphatic carbocycles. The molecule has 0 amide bonds. The third kappa shape index (κ3) is 62.2. The van der Waals surface area contributed by atoms with Gasteiger partial charge in [-0.15, -0.1) is 0 Å². The molecule has 0 aliphatic heterocycles. The SMILES string of the molecule is CC/C=C\C/C=C\C/C=C\C/C=C\CCCCCCCCCCCCCCCCCCC(=O)OCC(COC(=O)CCCCCCCCCCC)OC(=O)CCCCCCCCCCCCCCCCCCCCCC. The van der Waals surface area contributed by atoms with Gasteiger partial charge >= 0.3 is 17.9 Å². The zero-order valence-electron chi connectivity index (χ0n) is 51.0. The van der Waals surface area contributed by atoms with Crippen molar-refractivity contribution in [3.63, 3.8) is 0 Å². The molecule has 6 heteroatoms. The zero-order chi connectivity index (χ0) is 55.0. The molecule has 1 unspecified atom stereocenters. The number of unbranched alkanes of at least 4 members (excludes halogenated alkanes) is 43. The van der Waals surface area contributed by atoms with Crippen molar-refractivity contribution in [1.29, 1.82) is 0 Å². The van der Waals surface area contributed by atoms with Crippen molar-refractivity contribution < 1.29 is 28.6 Å². The average Bonchev–Trinajstić information content (AvgIpc) is 3.42. The molecule has 0 saturated carbocycles. The van der Waals surface area contributed by atoms with Crippen LogP contribution in [0.15, 0.2) is 48.6 Å². The monoisotopic (exact) mass is 1060 g/mol. The van der Waals surface area contributed by atoms with Gasteiger partial charge in [0.1, 0.15) is 13.2 Å². The Balaban J connectivity index is 4.10. The Hall–Kier alpha value is -2.63. The van der Waals surface area contributed by atoms with Gasteiger partial charge in [-0.25, -0.2) is 0 Å². The lowest BCUT2D eigenvalue weighted by Crippen LogP contribution is -2.30. The molecule has 0 spiro atoms. The highest BCUT2D eigenvalue weighted by Crippen LogP contribution is 2.18. The summed E-state index contributed by atoms with van der Waals surface area (Å²) in [4.78, 5) is 38.2. The van der Waals surface area contributed by atoms with Gasteiger partial charge in [-0.3, -0.25) is 14.4 Å². The van der Waals surface area contributed by atoms with Crippen LogP contribution in [0, 0.1) is 0 Å². The van der Waals surface area contributed by atoms with E-state index in [0.717, 1.165) is 83.5 Å². The van der Waals surface area contributed by atoms with Crippen molar-refractivity contribution in [2.75, 3.05) is 13.2 Å². The number of esters is 3. The lowest BCUT2D eigenvalue weighted by molar-refractivity contribution is -0.167. The van der Waals surface area contributed by atoms with Crippen LogP contribution in [0.4, 0.5) is 0 Å². The number of rotatable bonds is 62. The number of carbonyl (C=O) groups is 3. The van der Waals surface area contributed by atoms with Gasteiger partial charge < -0.3 is 14.2 Å². The van der Waals surface area contributed by atoms with Crippen molar-refractivity contribution in [2.45, 2.75) is 367 Å². The van der Waals surface area contributed by atoms with E-state index in [1.807, 2.05) is 0 Å². The summed E-state index contributed by atoms with van der Waals surface area (Å²) in [7, 11) is 0. The summed E-state index contributed by atoms with van der Waals surface area (Å²) in [6, 6.07) is 0. The lowest BCUT2D eigenvalue weighted by Gasteiger charge is -2.18. The third-order valence-electron chi connectivity index (χ3n) is 15.1. The molecule has 1 atom stereocenters. The number of carbonyl (C=O) groups excluding carboxylic acids is 3. The fourth-order valence-electron chi connectivity index (χ4n) is 10.1. The normalized spacial score (nSPS) is 12.3. The highest BCUT2D eigenvalue weighted by atomic mass is 16.6. The van der Waals surface area contributed by atoms with E-state index in [2.05, 4.69) is 69.4 Å². The van der Waals surface area contributed by atoms with E-state index in [1.165, 1.54) is 238 Å². The smallest absolute Gasteiger partial charge is 0.306 e. The van der Waals surface area contributed by atoms with Gasteiger partial charge in [0.25, 0.3) is 0 Å². The van der Waals surface area contributed by atoms with Gasteiger partial charge in [0.15, 0.2) is 6.10 Å². The maximum absolute atomic E-state index is 12.9. The predicted octanol–water partition coefficient (Wildman–Crippen LogP) is 22.9. The van der Waals surface area contributed by atoms with E-state index >= 15 is 0 Å². The highest BCUT2D eigenvalue weighted by molar-refractivity contribution is 5.71. The molecule has 0 rings (SSSR count). The van der Waals surface area contributed by atoms with E-state index in [9.17, 15) is 14.4 Å². The van der Waals surface area contributed by atoms with Crippen LogP contribution in [0.25, 0.3) is 0 Å². The molecule has 0 N–H and O–H groups in total. The molecule has 0 aromatic rings. The summed E-state index contributed by atoms with van der Waals surface area (Å²) in [6.45, 7) is 6.57. The van der Waals surface area contributed by atoms with Crippen LogP contribution in [0.1, 0.15) is 361 Å². The summed E-state index contributed by atoms with van der Waals surface area (Å²) >= 11 is 0. The number of hydrogen-bond acceptors (Lipinski definition) is 6. The van der Waals surface area contributed by atoms with Gasteiger partial charge in [-0.05, 0) is 57.8 Å². The minimum atomic E-state index is -0.767. The fourth-order valence-corrected chi connectivity index (χ4v) is 10.1. The highest BCUT2D eigenvalue weighted by Gasteiger charge is 2.19. The Morgan fingerprint density at radius 3 is 0.803 bits per heavy atom. The average molecular weight is 1070 g/mol. The van der Waals surface area contributed by atoms with Crippen LogP contribution in [0.3, 0.4) is 0 Å². The van der Waals surface area contributed by atoms with Crippen molar-refractivity contribution >= 4 is 17.9 Å². The molecule has 0 fully saturated rings. The second-order valence-corrected chi connectivity index (χ2v) is 22.7. The van der Waals surface area contributed by atoms with Gasteiger partial charge in [-0.1, -0.05) is 333 Å². The van der Waals surface area contributed by atoms with Crippen LogP contribution in [-0.4, -0.2) is 37.2 Å². The summed E-state index contributed by atoms with van der Waals surface area (Å²) in [5.41, 5.74) is 0. The van der Waals surface area contributed by atoms with Crippen LogP contribution in [0.2, 0.25) is 0 Å². The van der Waals surface area contributed by atoms with E-state index in [1.54, 1.807) is 0 Å². The Morgan fingerprint density at radius 2 is 0.513 bits per heavy atom. The molecule has 0 aliphatic rings. The molecule has 0 aromatic carbocycles. The molecule has 0 aromatic heterocycles. The Labute approximate surface area is 473 Å². The third-order valence-corrected chi connectivity index (χ3v) is 15.1. The summed E-state index contributed by atoms with van der Waals surface area (Å²) in [6.07, 6.45) is 81.5. The number of allylic oxidation sites excluding steroid dienone is 8. The van der Waals surface area contributed by atoms with Gasteiger partial charge in [0.2, 0.25) is 0 Å². The van der Waals surface area contributed by atoms with Crippen LogP contribution in [-0.2, 0) is 28.6 Å². The first-order valence-corrected chi connectivity index (χ1v) is 33.6. The molecular weight excluding hydrogens is 937 g/mol. The molecule has 0 bridgehead atoms. The van der Waals surface area contributed by atoms with Crippen molar-refractivity contribution in [3.8, 4) is 0 Å². The molecule has 0 heterocycles. The van der Waals surface area contributed by atoms with Crippen LogP contribution < -0.4 is 0 Å². The summed E-state index contributed by atoms with van der Waals surface area (Å²) < 4.78 is 16.9. The van der Waals surface area contributed by atoms with Gasteiger partial charge in [0, 0.05) is 19.3 Å². The summed E-state index contributed by atoms with van der Waals surface area (Å²) in [5, 5.41) is 0. The molecule has 0 saturated heterocycles. The van der Waals surface area contributed by atoms with E-state index < -0.39 is 6.10 Å². The predicted molar refractivity (Wildman–Crippen MR) is 330 cm³/mol. The zero-order valence-corrected chi connectivity index (χ0v) is 51.0. The molecule has 6 nitrogen and oxygen atoms in total. The van der Waals surface area contributed by atoms with Crippen LogP contribution in [0.5, 0.6) is 0 Å². The number of hydrogen-bond donors (Lipinski definition) is 0. The van der Waals surface area contributed by atoms with Gasteiger partial charge in [-0.2, -0.15) is 0 Å². The lowest BCUT2D eigenvalue weighted by atomic mass is 10.0. The first-order chi connectivity index (χ1) is 37.5. The molecular formula is C70H128O6. The van der Waals surface area contributed by atoms with Gasteiger partial charge in [0.05, 0.1) is 0 Å². The van der Waals surface area contributed by atoms with Crippen molar-refractivity contribution in [3.05, 3.63) is 48.6 Å². The first-order valence-electron chi connectivity index (χ1n) is 33.6. The second-order valence-electron chi connectivity index (χ2n) is 22.7. The quantitative estimate of drug-likeness (QED) is 0.0261. The largest absolute Gasteiger partial charge is 0.462 e. The minimum absolute atomic E-state index is 0.0663. The van der Waals surface area contributed by atoms with Crippen molar-refractivity contribution in [2.24, 2.45) is 0 Å². The molecule has 444 valence electrons. The minimum Gasteiger partial charge on any atom is -0.462 e. The maximum Gasteiger partial charge on any atom is 0.306 e. The maximum atomic E-state index is 12.9. The molecule has 0 radical (unpaired) electrons. The van der Waals surface area contributed by atoms with E-state index in [0.29, 0.717) is 19.3 Å². The number of ether oxygens (including phenoxy) is 3. The van der Waals surface area contributed by atoms with Crippen molar-refractivity contribution in [1.82, 2.24) is 0 Å². The van der Waals surface area contributed by atoms with Crippen LogP contribution >= 0.6 is 0 Å². The molecule has 76 heavy (non-hydrogen) atoms. The standard InChI is InChI=1S/C70H128O6/c1-4-7-10-13-16-19-21-23-25-27-29-31-32-33-34-35-36-37-38-39-41-42-44-46-48-51-54-57-60-63-69(72)75-66-67(65-74-68(71)62-59-56-53-50-18-15-12-9-6-3)76-70(73)64-61-58-55-52-49-47-45-43-40-30-28-26-24-22-20-17-14-11-8-5-2/h7,10,16,19,23,25,29,31,67H,4-6,8-9,11-15,17-18,20-22,24,26-28,30,32-66H2,1-3H3/b10-7-,19-16-,25-23-,31-29-. The Kier molecular flexibility index (Phi) is 62.6. The first kappa shape index (κ1) is 73.4. The Bertz CT molecular complexity index is 1310. The van der Waals surface area contributed by atoms with E-state index in [-0.39, 0.29) is 31.1 Å². The van der Waals surface area contributed by atoms with E-state index in [4.69, 9.17) is 14.2 Å². The Morgan fingerprint density at radius 1 is 0.276 bits per heavy atom. The fraction of sp³-hybridized carbons (Fsp3) is 0.843. The topological polar surface area (TPSA) is 78.9 Å². The second kappa shape index (κ2) is 64.9.